The van der Waals surface area contributed by atoms with Crippen LogP contribution in [0.15, 0.2) is 0 Å². The van der Waals surface area contributed by atoms with Gasteiger partial charge in [-0.25, -0.2) is 9.80 Å². The van der Waals surface area contributed by atoms with Crippen molar-refractivity contribution >= 4 is 6.09 Å². The van der Waals surface area contributed by atoms with Gasteiger partial charge in [-0.1, -0.05) is 0 Å². The second-order valence-corrected chi connectivity index (χ2v) is 8.79. The predicted octanol–water partition coefficient (Wildman–Crippen LogP) is 1.90. The van der Waals surface area contributed by atoms with Gasteiger partial charge >= 0.3 is 6.09 Å². The van der Waals surface area contributed by atoms with Crippen LogP contribution < -0.4 is 5.84 Å². The van der Waals surface area contributed by atoms with Crippen LogP contribution in [0.25, 0.3) is 0 Å². The molecule has 0 bridgehead atoms. The molecule has 3 heterocycles. The Kier molecular flexibility index (Phi) is 5.37. The van der Waals surface area contributed by atoms with Crippen molar-refractivity contribution in [3.05, 3.63) is 0 Å². The highest BCUT2D eigenvalue weighted by molar-refractivity contribution is 5.68. The number of piperidine rings is 2. The smallest absolute Gasteiger partial charge is 0.410 e. The predicted molar refractivity (Wildman–Crippen MR) is 94.4 cm³/mol. The molecule has 0 aliphatic carbocycles. The van der Waals surface area contributed by atoms with Gasteiger partial charge in [0.2, 0.25) is 0 Å². The largest absolute Gasteiger partial charge is 0.444 e. The number of nitrogens with two attached hydrogens (primary N) is 1. The van der Waals surface area contributed by atoms with Crippen molar-refractivity contribution in [2.24, 2.45) is 17.7 Å². The lowest BCUT2D eigenvalue weighted by molar-refractivity contribution is -0.0243. The van der Waals surface area contributed by atoms with E-state index in [-0.39, 0.29) is 6.09 Å². The van der Waals surface area contributed by atoms with Crippen molar-refractivity contribution in [1.82, 2.24) is 14.8 Å². The van der Waals surface area contributed by atoms with Gasteiger partial charge in [0, 0.05) is 45.3 Å². The lowest BCUT2D eigenvalue weighted by atomic mass is 9.78. The van der Waals surface area contributed by atoms with E-state index < -0.39 is 5.60 Å². The van der Waals surface area contributed by atoms with Crippen molar-refractivity contribution < 1.29 is 9.53 Å². The van der Waals surface area contributed by atoms with E-state index in [4.69, 9.17) is 10.6 Å². The number of likely N-dealkylation sites (tertiary alicyclic amines) is 2. The molecule has 6 nitrogen and oxygen atoms in total. The first-order valence-electron chi connectivity index (χ1n) is 9.53. The first-order chi connectivity index (χ1) is 11.3. The molecule has 0 atom stereocenters. The number of hydrazine groups is 1. The van der Waals surface area contributed by atoms with Gasteiger partial charge in [0.15, 0.2) is 0 Å². The number of ether oxygens (including phenoxy) is 1. The molecule has 2 N–H and O–H groups in total. The van der Waals surface area contributed by atoms with Crippen LogP contribution in [0.2, 0.25) is 0 Å². The highest BCUT2D eigenvalue weighted by Gasteiger charge is 2.39. The highest BCUT2D eigenvalue weighted by Crippen LogP contribution is 2.34. The molecule has 0 aromatic carbocycles. The summed E-state index contributed by atoms with van der Waals surface area (Å²) in [6.45, 7) is 12.0. The molecule has 0 saturated carbocycles. The maximum Gasteiger partial charge on any atom is 0.410 e. The molecule has 0 unspecified atom stereocenters. The molecule has 1 amide bonds. The van der Waals surface area contributed by atoms with Crippen LogP contribution >= 0.6 is 0 Å². The highest BCUT2D eigenvalue weighted by atomic mass is 16.6. The van der Waals surface area contributed by atoms with Gasteiger partial charge in [0.1, 0.15) is 5.60 Å². The second kappa shape index (κ2) is 7.18. The lowest BCUT2D eigenvalue weighted by Crippen LogP contribution is -2.58. The molecule has 6 heteroatoms. The maximum atomic E-state index is 12.1. The summed E-state index contributed by atoms with van der Waals surface area (Å²) in [5, 5.41) is 1.94. The maximum absolute atomic E-state index is 12.1. The second-order valence-electron chi connectivity index (χ2n) is 8.79. The Morgan fingerprint density at radius 3 is 2.08 bits per heavy atom. The van der Waals surface area contributed by atoms with E-state index >= 15 is 0 Å². The normalized spacial score (nSPS) is 26.4. The third kappa shape index (κ3) is 4.41. The fraction of sp³-hybridized carbons (Fsp3) is 0.944. The number of nitrogens with zero attached hydrogens (tertiary/aromatic N) is 3. The topological polar surface area (TPSA) is 62.0 Å². The SMILES string of the molecule is CC(C)(C)OC(=O)N1CCC(C2CN(C3CCN(N)CC3)C2)CC1. The van der Waals surface area contributed by atoms with Crippen LogP contribution in [0.3, 0.4) is 0 Å². The minimum Gasteiger partial charge on any atom is -0.444 e. The van der Waals surface area contributed by atoms with E-state index in [9.17, 15) is 4.79 Å². The van der Waals surface area contributed by atoms with Gasteiger partial charge < -0.3 is 9.64 Å². The Morgan fingerprint density at radius 2 is 1.54 bits per heavy atom. The van der Waals surface area contributed by atoms with Crippen LogP contribution in [0.1, 0.15) is 46.5 Å². The van der Waals surface area contributed by atoms with Crippen molar-refractivity contribution in [2.75, 3.05) is 39.3 Å². The molecule has 3 aliphatic rings. The Bertz CT molecular complexity index is 429. The average Bonchev–Trinajstić information content (AvgIpc) is 2.46. The van der Waals surface area contributed by atoms with Crippen molar-refractivity contribution in [2.45, 2.75) is 58.1 Å². The molecule has 3 fully saturated rings. The number of carbonyl (C=O) groups is 1. The molecular formula is C18H34N4O2. The third-order valence-corrected chi connectivity index (χ3v) is 5.81. The summed E-state index contributed by atoms with van der Waals surface area (Å²) in [5.41, 5.74) is -0.401. The van der Waals surface area contributed by atoms with Gasteiger partial charge in [0.25, 0.3) is 0 Å². The van der Waals surface area contributed by atoms with E-state index in [1.165, 1.54) is 25.9 Å². The molecule has 0 spiro atoms. The number of hydrogen-bond acceptors (Lipinski definition) is 5. The zero-order valence-electron chi connectivity index (χ0n) is 15.5. The summed E-state index contributed by atoms with van der Waals surface area (Å²) >= 11 is 0. The van der Waals surface area contributed by atoms with Crippen molar-refractivity contribution in [1.29, 1.82) is 0 Å². The number of carbonyl (C=O) groups excluding carboxylic acids is 1. The van der Waals surface area contributed by atoms with Crippen LogP contribution in [-0.2, 0) is 4.74 Å². The molecule has 138 valence electrons. The van der Waals surface area contributed by atoms with Crippen LogP contribution in [0, 0.1) is 11.8 Å². The first kappa shape index (κ1) is 18.0. The zero-order valence-corrected chi connectivity index (χ0v) is 15.5. The summed E-state index contributed by atoms with van der Waals surface area (Å²) in [5.74, 6) is 7.44. The van der Waals surface area contributed by atoms with E-state index in [2.05, 4.69) is 4.90 Å². The van der Waals surface area contributed by atoms with Crippen molar-refractivity contribution in [3.63, 3.8) is 0 Å². The van der Waals surface area contributed by atoms with Crippen molar-refractivity contribution in [3.8, 4) is 0 Å². The Morgan fingerprint density at radius 1 is 0.958 bits per heavy atom. The molecular weight excluding hydrogens is 304 g/mol. The molecule has 3 saturated heterocycles. The van der Waals surface area contributed by atoms with Gasteiger partial charge in [-0.15, -0.1) is 0 Å². The monoisotopic (exact) mass is 338 g/mol. The third-order valence-electron chi connectivity index (χ3n) is 5.81. The van der Waals surface area contributed by atoms with Crippen LogP contribution in [0.5, 0.6) is 0 Å². The fourth-order valence-electron chi connectivity index (χ4n) is 4.28. The minimum absolute atomic E-state index is 0.148. The molecule has 0 radical (unpaired) electrons. The quantitative estimate of drug-likeness (QED) is 0.779. The summed E-state index contributed by atoms with van der Waals surface area (Å²) in [7, 11) is 0. The summed E-state index contributed by atoms with van der Waals surface area (Å²) in [6, 6.07) is 0.739. The van der Waals surface area contributed by atoms with Gasteiger partial charge in [0.05, 0.1) is 0 Å². The van der Waals surface area contributed by atoms with E-state index in [0.29, 0.717) is 0 Å². The zero-order chi connectivity index (χ0) is 17.3. The summed E-state index contributed by atoms with van der Waals surface area (Å²) < 4.78 is 5.48. The van der Waals surface area contributed by atoms with E-state index in [1.54, 1.807) is 0 Å². The Balaban J connectivity index is 1.37. The molecule has 3 aliphatic heterocycles. The average molecular weight is 338 g/mol. The van der Waals surface area contributed by atoms with E-state index in [1.807, 2.05) is 30.7 Å². The molecule has 3 rings (SSSR count). The van der Waals surface area contributed by atoms with Gasteiger partial charge in [-0.2, -0.15) is 0 Å². The minimum atomic E-state index is -0.401. The Hall–Kier alpha value is -0.850. The number of hydrogen-bond donors (Lipinski definition) is 1. The first-order valence-corrected chi connectivity index (χ1v) is 9.53. The van der Waals surface area contributed by atoms with E-state index in [0.717, 1.165) is 56.9 Å². The lowest BCUT2D eigenvalue weighted by Gasteiger charge is -2.50. The van der Waals surface area contributed by atoms with Crippen LogP contribution in [-0.4, -0.2) is 71.8 Å². The standard InChI is InChI=1S/C18H34N4O2/c1-18(2,3)24-17(23)20-8-4-14(5-9-20)15-12-21(13-15)16-6-10-22(19)11-7-16/h14-16H,4-13,19H2,1-3H3. The summed E-state index contributed by atoms with van der Waals surface area (Å²) in [4.78, 5) is 16.7. The van der Waals surface area contributed by atoms with Gasteiger partial charge in [-0.05, 0) is 58.3 Å². The Labute approximate surface area is 146 Å². The van der Waals surface area contributed by atoms with Gasteiger partial charge in [-0.3, -0.25) is 10.7 Å². The molecule has 0 aromatic heterocycles. The number of rotatable bonds is 2. The fourth-order valence-corrected chi connectivity index (χ4v) is 4.28. The summed E-state index contributed by atoms with van der Waals surface area (Å²) in [6.07, 6.45) is 4.52. The molecule has 24 heavy (non-hydrogen) atoms. The van der Waals surface area contributed by atoms with Crippen LogP contribution in [0.4, 0.5) is 4.79 Å². The number of amides is 1. The molecule has 0 aromatic rings.